The third-order valence-electron chi connectivity index (χ3n) is 7.17. The largest absolute Gasteiger partial charge is 0.489 e. The summed E-state index contributed by atoms with van der Waals surface area (Å²) in [6.07, 6.45) is 1.16. The first kappa shape index (κ1) is 28.7. The number of hydrogen-bond donors (Lipinski definition) is 2. The van der Waals surface area contributed by atoms with Crippen LogP contribution in [0.2, 0.25) is 0 Å². The molecule has 2 aromatic carbocycles. The summed E-state index contributed by atoms with van der Waals surface area (Å²) in [6, 6.07) is 10.4. The van der Waals surface area contributed by atoms with E-state index in [9.17, 15) is 8.78 Å². The molecule has 2 aliphatic rings. The number of rotatable bonds is 9. The van der Waals surface area contributed by atoms with Crippen molar-refractivity contribution in [1.82, 2.24) is 10.6 Å². The zero-order chi connectivity index (χ0) is 27.5. The lowest BCUT2D eigenvalue weighted by Gasteiger charge is -2.20. The van der Waals surface area contributed by atoms with E-state index >= 15 is 0 Å². The van der Waals surface area contributed by atoms with E-state index in [1.54, 1.807) is 24.3 Å². The first-order valence-electron chi connectivity index (χ1n) is 13.5. The van der Waals surface area contributed by atoms with E-state index in [0.29, 0.717) is 39.1 Å². The Morgan fingerprint density at radius 2 is 1.26 bits per heavy atom. The molecule has 6 nitrogen and oxygen atoms in total. The van der Waals surface area contributed by atoms with Crippen molar-refractivity contribution in [3.8, 4) is 11.5 Å². The van der Waals surface area contributed by atoms with Gasteiger partial charge < -0.3 is 20.1 Å². The van der Waals surface area contributed by atoms with Gasteiger partial charge >= 0.3 is 0 Å². The number of ether oxygens (including phenoxy) is 2. The van der Waals surface area contributed by atoms with Gasteiger partial charge in [-0.15, -0.1) is 0 Å². The molecule has 210 valence electrons. The summed E-state index contributed by atoms with van der Waals surface area (Å²) in [6.45, 7) is 14.3. The summed E-state index contributed by atoms with van der Waals surface area (Å²) in [5.41, 5.74) is 1.64. The Balaban J connectivity index is 1.14. The Kier molecular flexibility index (Phi) is 8.97. The van der Waals surface area contributed by atoms with E-state index < -0.39 is 0 Å². The highest BCUT2D eigenvalue weighted by atomic mass is 19.1. The maximum Gasteiger partial charge on any atom is 0.165 e. The molecule has 0 aliphatic carbocycles. The number of nitrogens with one attached hydrogen (secondary N) is 2. The fourth-order valence-corrected chi connectivity index (χ4v) is 4.72. The molecule has 2 aliphatic heterocycles. The second-order valence-electron chi connectivity index (χ2n) is 12.5. The van der Waals surface area contributed by atoms with E-state index in [0.717, 1.165) is 11.1 Å². The fraction of sp³-hybridized carbons (Fsp3) is 0.600. The van der Waals surface area contributed by atoms with Crippen LogP contribution in [0.25, 0.3) is 0 Å². The molecule has 0 amide bonds. The maximum atomic E-state index is 14.5. The van der Waals surface area contributed by atoms with Gasteiger partial charge in [0.05, 0.1) is 6.61 Å². The Hall–Kier alpha value is -2.26. The van der Waals surface area contributed by atoms with E-state index in [-0.39, 0.29) is 58.3 Å². The van der Waals surface area contributed by atoms with Crippen LogP contribution in [-0.4, -0.2) is 50.6 Å². The van der Waals surface area contributed by atoms with Gasteiger partial charge in [-0.3, -0.25) is 0 Å². The smallest absolute Gasteiger partial charge is 0.165 e. The average Bonchev–Trinajstić information content (AvgIpc) is 3.48. The van der Waals surface area contributed by atoms with Crippen LogP contribution in [-0.2, 0) is 20.6 Å². The molecule has 2 aromatic rings. The highest BCUT2D eigenvalue weighted by Gasteiger charge is 2.30. The number of halogens is 2. The van der Waals surface area contributed by atoms with E-state index in [1.807, 2.05) is 12.1 Å². The molecule has 2 fully saturated rings. The quantitative estimate of drug-likeness (QED) is 0.332. The molecule has 38 heavy (non-hydrogen) atoms. The third kappa shape index (κ3) is 7.65. The van der Waals surface area contributed by atoms with Crippen LogP contribution in [0.1, 0.15) is 65.5 Å². The topological polar surface area (TPSA) is 61.0 Å². The minimum Gasteiger partial charge on any atom is -0.489 e. The van der Waals surface area contributed by atoms with Gasteiger partial charge in [0.15, 0.2) is 23.1 Å². The van der Waals surface area contributed by atoms with Crippen LogP contribution < -0.4 is 20.1 Å². The predicted molar refractivity (Wildman–Crippen MR) is 144 cm³/mol. The molecule has 0 spiro atoms. The number of hydrogen-bond acceptors (Lipinski definition) is 6. The highest BCUT2D eigenvalue weighted by Crippen LogP contribution is 2.29. The lowest BCUT2D eigenvalue weighted by atomic mass is 9.87. The van der Waals surface area contributed by atoms with Gasteiger partial charge in [0.25, 0.3) is 0 Å². The van der Waals surface area contributed by atoms with E-state index in [4.69, 9.17) is 19.2 Å². The second kappa shape index (κ2) is 11.9. The summed E-state index contributed by atoms with van der Waals surface area (Å²) < 4.78 is 40.6. The minimum absolute atomic E-state index is 0.0484. The molecule has 0 bridgehead atoms. The highest BCUT2D eigenvalue weighted by molar-refractivity contribution is 5.34. The molecule has 2 heterocycles. The van der Waals surface area contributed by atoms with Crippen molar-refractivity contribution in [1.29, 1.82) is 0 Å². The zero-order valence-electron chi connectivity index (χ0n) is 23.4. The lowest BCUT2D eigenvalue weighted by molar-refractivity contribution is -0.322. The van der Waals surface area contributed by atoms with Crippen molar-refractivity contribution in [2.45, 2.75) is 89.5 Å². The van der Waals surface area contributed by atoms with Crippen molar-refractivity contribution >= 4 is 0 Å². The molecule has 4 rings (SSSR count). The molecular formula is C30H42F2N2O4. The van der Waals surface area contributed by atoms with Crippen LogP contribution in [0, 0.1) is 11.6 Å². The average molecular weight is 533 g/mol. The Morgan fingerprint density at radius 3 is 1.84 bits per heavy atom. The van der Waals surface area contributed by atoms with Crippen LogP contribution in [0.15, 0.2) is 36.4 Å². The van der Waals surface area contributed by atoms with Crippen LogP contribution in [0.4, 0.5) is 8.78 Å². The monoisotopic (exact) mass is 532 g/mol. The third-order valence-corrected chi connectivity index (χ3v) is 7.17. The molecule has 1 unspecified atom stereocenters. The molecular weight excluding hydrogens is 490 g/mol. The van der Waals surface area contributed by atoms with Gasteiger partial charge in [0, 0.05) is 31.6 Å². The predicted octanol–water partition coefficient (Wildman–Crippen LogP) is 5.43. The summed E-state index contributed by atoms with van der Waals surface area (Å²) in [4.78, 5) is 11.1. The van der Waals surface area contributed by atoms with Crippen LogP contribution in [0.5, 0.6) is 11.5 Å². The molecule has 8 heteroatoms. The SMILES string of the molecule is CC(C)(C)c1ccc(OCC2C[C@@H](OOC[C@@H]3C[C@@H](Oc4ccc(C(C)(C)C)cc4F)CN3)CN2)c(F)c1. The van der Waals surface area contributed by atoms with Crippen molar-refractivity contribution in [2.75, 3.05) is 26.3 Å². The number of benzene rings is 2. The van der Waals surface area contributed by atoms with Gasteiger partial charge in [-0.25, -0.2) is 18.6 Å². The summed E-state index contributed by atoms with van der Waals surface area (Å²) in [5.74, 6) is -0.146. The summed E-state index contributed by atoms with van der Waals surface area (Å²) >= 11 is 0. The van der Waals surface area contributed by atoms with Gasteiger partial charge in [0.1, 0.15) is 18.8 Å². The van der Waals surface area contributed by atoms with Crippen LogP contribution >= 0.6 is 0 Å². The van der Waals surface area contributed by atoms with Gasteiger partial charge in [0.2, 0.25) is 0 Å². The van der Waals surface area contributed by atoms with Crippen molar-refractivity contribution in [3.05, 3.63) is 59.2 Å². The Labute approximate surface area is 225 Å². The van der Waals surface area contributed by atoms with Gasteiger partial charge in [-0.05, 0) is 52.6 Å². The fourth-order valence-electron chi connectivity index (χ4n) is 4.72. The summed E-state index contributed by atoms with van der Waals surface area (Å²) in [7, 11) is 0. The molecule has 2 N–H and O–H groups in total. The van der Waals surface area contributed by atoms with Crippen molar-refractivity contribution < 1.29 is 28.0 Å². The lowest BCUT2D eigenvalue weighted by Crippen LogP contribution is -2.28. The first-order chi connectivity index (χ1) is 17.9. The Morgan fingerprint density at radius 1 is 0.737 bits per heavy atom. The van der Waals surface area contributed by atoms with Crippen molar-refractivity contribution in [2.24, 2.45) is 0 Å². The molecule has 2 saturated heterocycles. The summed E-state index contributed by atoms with van der Waals surface area (Å²) in [5, 5.41) is 6.69. The van der Waals surface area contributed by atoms with Crippen LogP contribution in [0.3, 0.4) is 0 Å². The second-order valence-corrected chi connectivity index (χ2v) is 12.5. The molecule has 4 atom stereocenters. The zero-order valence-corrected chi connectivity index (χ0v) is 23.4. The van der Waals surface area contributed by atoms with Gasteiger partial charge in [-0.2, -0.15) is 0 Å². The maximum absolute atomic E-state index is 14.5. The van der Waals surface area contributed by atoms with Crippen molar-refractivity contribution in [3.63, 3.8) is 0 Å². The van der Waals surface area contributed by atoms with E-state index in [2.05, 4.69) is 52.2 Å². The van der Waals surface area contributed by atoms with E-state index in [1.165, 1.54) is 0 Å². The molecule has 0 radical (unpaired) electrons. The normalized spacial score (nSPS) is 24.1. The van der Waals surface area contributed by atoms with Gasteiger partial charge in [-0.1, -0.05) is 53.7 Å². The molecule has 0 saturated carbocycles. The standard InChI is InChI=1S/C30H42F2N2O4/c1-29(2,3)19-7-9-27(25(31)11-19)35-17-21-14-24(16-34-21)38-36-18-22-13-23(15-33-22)37-28-10-8-20(12-26(28)32)30(4,5)6/h7-12,21-24,33-34H,13-18H2,1-6H3/t21?,22-,23+,24+/m0/s1. The molecule has 0 aromatic heterocycles. The Bertz CT molecular complexity index is 1080. The minimum atomic E-state index is -0.345. The first-order valence-corrected chi connectivity index (χ1v) is 13.5.